The first-order valence-electron chi connectivity index (χ1n) is 7.70. The third-order valence-electron chi connectivity index (χ3n) is 3.41. The van der Waals surface area contributed by atoms with Crippen LogP contribution in [-0.2, 0) is 9.59 Å². The highest BCUT2D eigenvalue weighted by atomic mass is 19.2. The third kappa shape index (κ3) is 4.98. The van der Waals surface area contributed by atoms with Gasteiger partial charge in [-0.3, -0.25) is 9.59 Å². The molecule has 0 spiro atoms. The monoisotopic (exact) mass is 377 g/mol. The van der Waals surface area contributed by atoms with Crippen LogP contribution >= 0.6 is 0 Å². The molecule has 1 unspecified atom stereocenters. The van der Waals surface area contributed by atoms with Crippen LogP contribution in [0.15, 0.2) is 36.4 Å². The summed E-state index contributed by atoms with van der Waals surface area (Å²) in [6.07, 6.45) is -1.02. The Hall–Kier alpha value is -3.54. The fourth-order valence-corrected chi connectivity index (χ4v) is 2.03. The van der Waals surface area contributed by atoms with Gasteiger partial charge in [0.15, 0.2) is 23.6 Å². The first-order valence-corrected chi connectivity index (χ1v) is 7.70. The van der Waals surface area contributed by atoms with Crippen LogP contribution in [-0.4, -0.2) is 24.5 Å². The molecule has 6 nitrogen and oxygen atoms in total. The Bertz CT molecular complexity index is 912. The Morgan fingerprint density at radius 1 is 1.15 bits per heavy atom. The molecule has 0 aliphatic carbocycles. The summed E-state index contributed by atoms with van der Waals surface area (Å²) in [4.78, 5) is 23.7. The van der Waals surface area contributed by atoms with Gasteiger partial charge in [-0.1, -0.05) is 12.1 Å². The molecule has 2 amide bonds. The number of nitrogens with zero attached hydrogens (tertiary/aromatic N) is 1. The minimum Gasteiger partial charge on any atom is -0.480 e. The van der Waals surface area contributed by atoms with E-state index in [0.29, 0.717) is 6.07 Å². The molecule has 0 aliphatic heterocycles. The van der Waals surface area contributed by atoms with Gasteiger partial charge in [-0.15, -0.1) is 0 Å². The summed E-state index contributed by atoms with van der Waals surface area (Å²) in [5, 5.41) is 13.3. The number of carbonyl (C=O) groups excluding carboxylic acids is 2. The lowest BCUT2D eigenvalue weighted by Gasteiger charge is -2.15. The molecular weight excluding hydrogens is 363 g/mol. The van der Waals surface area contributed by atoms with Gasteiger partial charge in [0.05, 0.1) is 17.8 Å². The molecule has 9 heteroatoms. The minimum atomic E-state index is -1.71. The van der Waals surface area contributed by atoms with Crippen LogP contribution < -0.4 is 15.4 Å². The molecule has 2 aromatic rings. The lowest BCUT2D eigenvalue weighted by Crippen LogP contribution is -2.40. The molecule has 0 aromatic heterocycles. The summed E-state index contributed by atoms with van der Waals surface area (Å²) in [6, 6.07) is 9.74. The number of halogens is 3. The highest BCUT2D eigenvalue weighted by molar-refractivity contribution is 5.95. The predicted octanol–water partition coefficient (Wildman–Crippen LogP) is 2.50. The van der Waals surface area contributed by atoms with Crippen molar-refractivity contribution in [1.29, 1.82) is 5.26 Å². The second kappa shape index (κ2) is 8.71. The second-order valence-corrected chi connectivity index (χ2v) is 5.36. The number of para-hydroxylation sites is 1. The van der Waals surface area contributed by atoms with Crippen molar-refractivity contribution in [2.24, 2.45) is 0 Å². The summed E-state index contributed by atoms with van der Waals surface area (Å²) in [5.41, 5.74) is -0.316. The van der Waals surface area contributed by atoms with E-state index in [0.717, 1.165) is 6.07 Å². The van der Waals surface area contributed by atoms with E-state index in [4.69, 9.17) is 10.00 Å². The molecule has 0 radical (unpaired) electrons. The van der Waals surface area contributed by atoms with Crippen molar-refractivity contribution >= 4 is 17.5 Å². The molecule has 0 aliphatic rings. The van der Waals surface area contributed by atoms with Crippen LogP contribution in [0.1, 0.15) is 12.5 Å². The molecule has 0 bridgehead atoms. The average molecular weight is 377 g/mol. The maximum absolute atomic E-state index is 13.5. The van der Waals surface area contributed by atoms with Crippen LogP contribution in [0.4, 0.5) is 18.9 Å². The lowest BCUT2D eigenvalue weighted by atomic mass is 10.2. The van der Waals surface area contributed by atoms with Gasteiger partial charge in [0.2, 0.25) is 5.91 Å². The fourth-order valence-electron chi connectivity index (χ4n) is 2.03. The van der Waals surface area contributed by atoms with E-state index in [1.54, 1.807) is 12.1 Å². The molecule has 2 rings (SSSR count). The number of anilines is 1. The molecule has 2 aromatic carbocycles. The van der Waals surface area contributed by atoms with Crippen molar-refractivity contribution in [1.82, 2.24) is 5.32 Å². The van der Waals surface area contributed by atoms with Gasteiger partial charge in [-0.2, -0.15) is 5.26 Å². The molecule has 0 fully saturated rings. The topological polar surface area (TPSA) is 91.2 Å². The number of hydrogen-bond acceptors (Lipinski definition) is 4. The molecule has 0 heterocycles. The Labute approximate surface area is 152 Å². The number of nitrogens with one attached hydrogen (secondary N) is 2. The van der Waals surface area contributed by atoms with Crippen LogP contribution in [0.5, 0.6) is 5.75 Å². The van der Waals surface area contributed by atoms with E-state index >= 15 is 0 Å². The van der Waals surface area contributed by atoms with Crippen LogP contribution in [0.2, 0.25) is 0 Å². The van der Waals surface area contributed by atoms with Crippen molar-refractivity contribution in [2.45, 2.75) is 13.0 Å². The smallest absolute Gasteiger partial charge is 0.261 e. The standard InChI is InChI=1S/C18H14F3N3O3/c1-10(27-14-5-3-2-4-11(14)8-22)18(26)23-9-15(25)24-13-7-6-12(19)16(20)17(13)21/h2-7,10H,9H2,1H3,(H,23,26)(H,24,25). The second-order valence-electron chi connectivity index (χ2n) is 5.36. The van der Waals surface area contributed by atoms with E-state index < -0.39 is 47.6 Å². The van der Waals surface area contributed by atoms with Crippen molar-refractivity contribution in [2.75, 3.05) is 11.9 Å². The molecule has 0 saturated heterocycles. The summed E-state index contributed by atoms with van der Waals surface area (Å²) in [7, 11) is 0. The van der Waals surface area contributed by atoms with Crippen molar-refractivity contribution < 1.29 is 27.5 Å². The van der Waals surface area contributed by atoms with Crippen LogP contribution in [0.3, 0.4) is 0 Å². The normalized spacial score (nSPS) is 11.2. The van der Waals surface area contributed by atoms with Gasteiger partial charge in [-0.05, 0) is 31.2 Å². The van der Waals surface area contributed by atoms with Crippen LogP contribution in [0, 0.1) is 28.8 Å². The highest BCUT2D eigenvalue weighted by Crippen LogP contribution is 2.20. The van der Waals surface area contributed by atoms with Gasteiger partial charge in [-0.25, -0.2) is 13.2 Å². The van der Waals surface area contributed by atoms with E-state index in [2.05, 4.69) is 5.32 Å². The Kier molecular flexibility index (Phi) is 6.38. The number of amides is 2. The zero-order valence-corrected chi connectivity index (χ0v) is 14.1. The zero-order valence-electron chi connectivity index (χ0n) is 14.1. The van der Waals surface area contributed by atoms with Gasteiger partial charge >= 0.3 is 0 Å². The fraction of sp³-hybridized carbons (Fsp3) is 0.167. The largest absolute Gasteiger partial charge is 0.480 e. The number of hydrogen-bond donors (Lipinski definition) is 2. The van der Waals surface area contributed by atoms with E-state index in [-0.39, 0.29) is 11.3 Å². The molecular formula is C18H14F3N3O3. The van der Waals surface area contributed by atoms with E-state index in [1.165, 1.54) is 19.1 Å². The third-order valence-corrected chi connectivity index (χ3v) is 3.41. The first kappa shape index (κ1) is 19.8. The quantitative estimate of drug-likeness (QED) is 0.757. The lowest BCUT2D eigenvalue weighted by molar-refractivity contribution is -0.129. The van der Waals surface area contributed by atoms with E-state index in [1.807, 2.05) is 11.4 Å². The SMILES string of the molecule is CC(Oc1ccccc1C#N)C(=O)NCC(=O)Nc1ccc(F)c(F)c1F. The molecule has 2 N–H and O–H groups in total. The van der Waals surface area contributed by atoms with Gasteiger partial charge < -0.3 is 15.4 Å². The minimum absolute atomic E-state index is 0.205. The highest BCUT2D eigenvalue weighted by Gasteiger charge is 2.19. The number of rotatable bonds is 6. The van der Waals surface area contributed by atoms with Crippen molar-refractivity contribution in [3.63, 3.8) is 0 Å². The summed E-state index contributed by atoms with van der Waals surface area (Å²) >= 11 is 0. The first-order chi connectivity index (χ1) is 12.8. The Morgan fingerprint density at radius 3 is 2.56 bits per heavy atom. The van der Waals surface area contributed by atoms with Gasteiger partial charge in [0.1, 0.15) is 11.8 Å². The zero-order chi connectivity index (χ0) is 20.0. The Morgan fingerprint density at radius 2 is 1.85 bits per heavy atom. The summed E-state index contributed by atoms with van der Waals surface area (Å²) in [5.74, 6) is -5.95. The average Bonchev–Trinajstić information content (AvgIpc) is 2.67. The summed E-state index contributed by atoms with van der Waals surface area (Å²) < 4.78 is 44.9. The summed E-state index contributed by atoms with van der Waals surface area (Å²) in [6.45, 7) is 0.862. The van der Waals surface area contributed by atoms with E-state index in [9.17, 15) is 22.8 Å². The maximum atomic E-state index is 13.5. The number of carbonyl (C=O) groups is 2. The predicted molar refractivity (Wildman–Crippen MR) is 89.2 cm³/mol. The number of nitriles is 1. The Balaban J connectivity index is 1.90. The van der Waals surface area contributed by atoms with Crippen LogP contribution in [0.25, 0.3) is 0 Å². The number of ether oxygens (including phenoxy) is 1. The van der Waals surface area contributed by atoms with Crippen molar-refractivity contribution in [3.05, 3.63) is 59.4 Å². The molecule has 1 atom stereocenters. The molecule has 0 saturated carbocycles. The van der Waals surface area contributed by atoms with Crippen molar-refractivity contribution in [3.8, 4) is 11.8 Å². The molecule has 27 heavy (non-hydrogen) atoms. The molecule has 140 valence electrons. The van der Waals surface area contributed by atoms with Gasteiger partial charge in [0, 0.05) is 0 Å². The van der Waals surface area contributed by atoms with Gasteiger partial charge in [0.25, 0.3) is 5.91 Å². The maximum Gasteiger partial charge on any atom is 0.261 e. The number of benzene rings is 2.